The van der Waals surface area contributed by atoms with Gasteiger partial charge in [-0.3, -0.25) is 0 Å². The Morgan fingerprint density at radius 3 is 0.571 bits per heavy atom. The molecule has 0 unspecified atom stereocenters. The Morgan fingerprint density at radius 1 is 0.571 bits per heavy atom. The summed E-state index contributed by atoms with van der Waals surface area (Å²) >= 11 is 0. The van der Waals surface area contributed by atoms with E-state index in [-0.39, 0.29) is 62.3 Å². The molecule has 1 radical (unpaired) electrons. The normalized spacial score (nSPS) is 3.43. The van der Waals surface area contributed by atoms with Crippen molar-refractivity contribution in [3.8, 4) is 0 Å². The first-order valence-electron chi connectivity index (χ1n) is 1.46. The molecule has 0 heterocycles. The summed E-state index contributed by atoms with van der Waals surface area (Å²) in [6.45, 7) is 0. The zero-order valence-electron chi connectivity index (χ0n) is 6.10. The summed E-state index contributed by atoms with van der Waals surface area (Å²) in [6, 6.07) is 0. The first-order chi connectivity index (χ1) is 5.66. The Kier molecular flexibility index (Phi) is 351. The second-order valence-electron chi connectivity index (χ2n) is 0.298. The zero-order valence-corrected chi connectivity index (χ0v) is 10.6. The monoisotopic (exact) mass is 331 g/mol. The molecule has 0 aromatic rings. The molecule has 0 rings (SSSR count). The van der Waals surface area contributed by atoms with E-state index >= 15 is 0 Å². The van der Waals surface area contributed by atoms with E-state index in [2.05, 4.69) is 0 Å². The van der Waals surface area contributed by atoms with Gasteiger partial charge in [0.15, 0.2) is 0 Å². The SMILES string of the molecule is O=N[O-].O=N[O-].O=N[O-].O=N[O-].[Co+2].[Sr+2]. The minimum absolute atomic E-state index is 0. The van der Waals surface area contributed by atoms with Crippen LogP contribution in [0.1, 0.15) is 0 Å². The summed E-state index contributed by atoms with van der Waals surface area (Å²) < 4.78 is 0. The minimum Gasteiger partial charge on any atom is -0.444 e. The van der Waals surface area contributed by atoms with E-state index in [4.69, 9.17) is 40.5 Å². The summed E-state index contributed by atoms with van der Waals surface area (Å²) in [6.07, 6.45) is 0. The third-order valence-corrected chi connectivity index (χ3v) is 0. The van der Waals surface area contributed by atoms with Gasteiger partial charge in [0.1, 0.15) is 0 Å². The molecular weight excluding hydrogens is 331 g/mol. The molecule has 12 nitrogen and oxygen atoms in total. The Morgan fingerprint density at radius 2 is 0.571 bits per heavy atom. The van der Waals surface area contributed by atoms with Gasteiger partial charge in [-0.25, -0.2) is 0 Å². The summed E-state index contributed by atoms with van der Waals surface area (Å²) in [5.74, 6) is 0. The van der Waals surface area contributed by atoms with Crippen LogP contribution < -0.4 is 0 Å². The quantitative estimate of drug-likeness (QED) is 0.348. The van der Waals surface area contributed by atoms with Gasteiger partial charge >= 0.3 is 62.3 Å². The van der Waals surface area contributed by atoms with Gasteiger partial charge < -0.3 is 40.5 Å². The van der Waals surface area contributed by atoms with Crippen LogP contribution in [0, 0.1) is 40.5 Å². The molecular formula is CoN4O8Sr. The molecule has 14 heavy (non-hydrogen) atoms. The minimum atomic E-state index is 0. The average Bonchev–Trinajstić information content (AvgIpc) is 1.92. The number of rotatable bonds is 0. The van der Waals surface area contributed by atoms with E-state index in [9.17, 15) is 0 Å². The van der Waals surface area contributed by atoms with Crippen molar-refractivity contribution in [3.63, 3.8) is 0 Å². The average molecular weight is 331 g/mol. The van der Waals surface area contributed by atoms with Crippen LogP contribution in [0.15, 0.2) is 21.4 Å². The second-order valence-corrected chi connectivity index (χ2v) is 0.298. The number of hydrogen-bond acceptors (Lipinski definition) is 12. The summed E-state index contributed by atoms with van der Waals surface area (Å²) in [5.41, 5.74) is 0. The molecule has 0 fully saturated rings. The first-order valence-corrected chi connectivity index (χ1v) is 1.46. The van der Waals surface area contributed by atoms with E-state index in [0.717, 1.165) is 21.4 Å². The molecule has 0 aliphatic rings. The van der Waals surface area contributed by atoms with Crippen molar-refractivity contribution in [1.29, 1.82) is 0 Å². The molecule has 0 bridgehead atoms. The van der Waals surface area contributed by atoms with Gasteiger partial charge in [-0.2, -0.15) is 0 Å². The molecule has 0 aliphatic heterocycles. The molecule has 0 saturated carbocycles. The third kappa shape index (κ3) is 7610. The third-order valence-electron chi connectivity index (χ3n) is 0. The van der Waals surface area contributed by atoms with Crippen molar-refractivity contribution in [2.75, 3.05) is 0 Å². The number of hydrogen-bond donors (Lipinski definition) is 0. The number of nitrogens with zero attached hydrogens (tertiary/aromatic N) is 4. The molecule has 0 saturated heterocycles. The summed E-state index contributed by atoms with van der Waals surface area (Å²) in [4.78, 5) is 32.0. The molecule has 0 N–H and O–H groups in total. The predicted octanol–water partition coefficient (Wildman–Crippen LogP) is 0.619. The fourth-order valence-corrected chi connectivity index (χ4v) is 0. The molecule has 0 atom stereocenters. The summed E-state index contributed by atoms with van der Waals surface area (Å²) in [5, 5.41) is 36.0. The van der Waals surface area contributed by atoms with Gasteiger partial charge in [0.05, 0.1) is 0 Å². The van der Waals surface area contributed by atoms with Crippen molar-refractivity contribution in [2.45, 2.75) is 0 Å². The van der Waals surface area contributed by atoms with Crippen LogP contribution in [0.5, 0.6) is 0 Å². The van der Waals surface area contributed by atoms with Crippen molar-refractivity contribution < 1.29 is 16.8 Å². The molecule has 79 valence electrons. The fraction of sp³-hybridized carbons (Fsp3) is 0. The van der Waals surface area contributed by atoms with Crippen molar-refractivity contribution in [2.24, 2.45) is 21.4 Å². The molecule has 0 aliphatic carbocycles. The second kappa shape index (κ2) is 131. The van der Waals surface area contributed by atoms with Gasteiger partial charge in [-0.05, 0) is 0 Å². The van der Waals surface area contributed by atoms with Crippen LogP contribution in [-0.2, 0) is 16.8 Å². The van der Waals surface area contributed by atoms with E-state index < -0.39 is 0 Å². The maximum absolute atomic E-state index is 8.00. The Labute approximate surface area is 123 Å². The molecule has 0 amide bonds. The van der Waals surface area contributed by atoms with E-state index in [0.29, 0.717) is 0 Å². The standard InChI is InChI=1S/Co.4HNO2.Sr/c;4*2-1-3;/h;4*(H,2,3);/q+2;;;;;+2/p-4. The van der Waals surface area contributed by atoms with Gasteiger partial charge in [0, 0.05) is 0 Å². The Balaban J connectivity index is -0.0000000145. The van der Waals surface area contributed by atoms with Gasteiger partial charge in [-0.1, -0.05) is 0 Å². The fourth-order valence-electron chi connectivity index (χ4n) is 0. The van der Waals surface area contributed by atoms with Crippen LogP contribution in [0.25, 0.3) is 0 Å². The smallest absolute Gasteiger partial charge is 0.444 e. The van der Waals surface area contributed by atoms with Crippen LogP contribution in [-0.4, -0.2) is 45.5 Å². The van der Waals surface area contributed by atoms with Gasteiger partial charge in [0.2, 0.25) is 0 Å². The molecule has 0 spiro atoms. The Bertz CT molecular complexity index is 75.3. The molecule has 14 heteroatoms. The van der Waals surface area contributed by atoms with Crippen molar-refractivity contribution in [3.05, 3.63) is 40.5 Å². The molecule has 0 aromatic carbocycles. The first kappa shape index (κ1) is 37.4. The Hall–Kier alpha value is -0.413. The van der Waals surface area contributed by atoms with E-state index in [1.165, 1.54) is 0 Å². The van der Waals surface area contributed by atoms with Gasteiger partial charge in [-0.15, -0.1) is 21.4 Å². The zero-order chi connectivity index (χ0) is 10.8. The summed E-state index contributed by atoms with van der Waals surface area (Å²) in [7, 11) is 0. The maximum Gasteiger partial charge on any atom is 2.00 e. The maximum atomic E-state index is 8.00. The van der Waals surface area contributed by atoms with Gasteiger partial charge in [0.25, 0.3) is 0 Å². The van der Waals surface area contributed by atoms with Crippen LogP contribution >= 0.6 is 0 Å². The predicted molar refractivity (Wildman–Crippen MR) is 42.4 cm³/mol. The van der Waals surface area contributed by atoms with Crippen LogP contribution in [0.4, 0.5) is 0 Å². The molecule has 0 aromatic heterocycles. The largest absolute Gasteiger partial charge is 2.00 e. The van der Waals surface area contributed by atoms with Crippen molar-refractivity contribution in [1.82, 2.24) is 0 Å². The van der Waals surface area contributed by atoms with E-state index in [1.807, 2.05) is 0 Å². The van der Waals surface area contributed by atoms with Crippen molar-refractivity contribution >= 4 is 45.5 Å². The van der Waals surface area contributed by atoms with Crippen LogP contribution in [0.3, 0.4) is 0 Å². The van der Waals surface area contributed by atoms with E-state index in [1.54, 1.807) is 0 Å². The van der Waals surface area contributed by atoms with Crippen LogP contribution in [0.2, 0.25) is 0 Å². The topological polar surface area (TPSA) is 210 Å².